The van der Waals surface area contributed by atoms with Gasteiger partial charge in [-0.05, 0) is 24.6 Å². The molecular weight excluding hydrogens is 288 g/mol. The predicted molar refractivity (Wildman–Crippen MR) is 86.9 cm³/mol. The Labute approximate surface area is 132 Å². The molecule has 1 rings (SSSR count). The maximum Gasteiger partial charge on any atom is 0.222 e. The van der Waals surface area contributed by atoms with Gasteiger partial charge in [0.25, 0.3) is 0 Å². The summed E-state index contributed by atoms with van der Waals surface area (Å²) in [6, 6.07) is 6.01. The summed E-state index contributed by atoms with van der Waals surface area (Å²) in [5.74, 6) is 0.946. The third-order valence-electron chi connectivity index (χ3n) is 3.01. The molecule has 5 heteroatoms. The lowest BCUT2D eigenvalue weighted by Crippen LogP contribution is -2.22. The van der Waals surface area contributed by atoms with Gasteiger partial charge in [0, 0.05) is 43.7 Å². The van der Waals surface area contributed by atoms with Gasteiger partial charge in [0.15, 0.2) is 0 Å². The third kappa shape index (κ3) is 6.82. The van der Waals surface area contributed by atoms with E-state index in [1.165, 1.54) is 0 Å². The van der Waals surface area contributed by atoms with Gasteiger partial charge in [0.05, 0.1) is 6.61 Å². The van der Waals surface area contributed by atoms with Crippen LogP contribution in [-0.2, 0) is 11.3 Å². The van der Waals surface area contributed by atoms with Crippen LogP contribution in [0.15, 0.2) is 18.2 Å². The van der Waals surface area contributed by atoms with Crippen LogP contribution in [-0.4, -0.2) is 37.6 Å². The lowest BCUT2D eigenvalue weighted by molar-refractivity contribution is -0.128. The second-order valence-electron chi connectivity index (χ2n) is 5.53. The summed E-state index contributed by atoms with van der Waals surface area (Å²) in [5, 5.41) is 4.05. The minimum absolute atomic E-state index is 0.122. The first-order valence-corrected chi connectivity index (χ1v) is 7.62. The highest BCUT2D eigenvalue weighted by atomic mass is 35.5. The van der Waals surface area contributed by atoms with E-state index in [0.29, 0.717) is 37.1 Å². The van der Waals surface area contributed by atoms with Crippen molar-refractivity contribution in [1.82, 2.24) is 10.2 Å². The van der Waals surface area contributed by atoms with Gasteiger partial charge < -0.3 is 15.0 Å². The molecule has 118 valence electrons. The Bertz CT molecular complexity index is 462. The molecule has 0 aliphatic carbocycles. The number of ether oxygens (including phenoxy) is 1. The van der Waals surface area contributed by atoms with Gasteiger partial charge in [-0.3, -0.25) is 4.79 Å². The van der Waals surface area contributed by atoms with Crippen LogP contribution in [0.25, 0.3) is 0 Å². The molecule has 0 atom stereocenters. The van der Waals surface area contributed by atoms with Crippen LogP contribution in [0.4, 0.5) is 0 Å². The summed E-state index contributed by atoms with van der Waals surface area (Å²) < 4.78 is 5.79. The summed E-state index contributed by atoms with van der Waals surface area (Å²) in [4.78, 5) is 13.1. The van der Waals surface area contributed by atoms with Gasteiger partial charge in [-0.1, -0.05) is 25.4 Å². The van der Waals surface area contributed by atoms with Crippen molar-refractivity contribution in [1.29, 1.82) is 0 Å². The van der Waals surface area contributed by atoms with Crippen molar-refractivity contribution in [3.63, 3.8) is 0 Å². The zero-order valence-electron chi connectivity index (χ0n) is 13.3. The van der Waals surface area contributed by atoms with E-state index >= 15 is 0 Å². The quantitative estimate of drug-likeness (QED) is 0.750. The number of carbonyl (C=O) groups is 1. The molecular formula is C16H25ClN2O2. The predicted octanol–water partition coefficient (Wildman–Crippen LogP) is 3.09. The lowest BCUT2D eigenvalue weighted by atomic mass is 10.2. The minimum Gasteiger partial charge on any atom is -0.493 e. The van der Waals surface area contributed by atoms with Crippen molar-refractivity contribution in [2.24, 2.45) is 0 Å². The molecule has 0 heterocycles. The number of carbonyl (C=O) groups excluding carboxylic acids is 1. The van der Waals surface area contributed by atoms with Crippen molar-refractivity contribution < 1.29 is 9.53 Å². The third-order valence-corrected chi connectivity index (χ3v) is 3.25. The Kier molecular flexibility index (Phi) is 7.54. The fraction of sp³-hybridized carbons (Fsp3) is 0.562. The number of halogens is 1. The second kappa shape index (κ2) is 8.90. The van der Waals surface area contributed by atoms with Crippen LogP contribution in [0.3, 0.4) is 0 Å². The van der Waals surface area contributed by atoms with Crippen LogP contribution >= 0.6 is 11.6 Å². The molecule has 0 aliphatic heterocycles. The molecule has 0 aliphatic rings. The van der Waals surface area contributed by atoms with E-state index in [1.807, 2.05) is 18.2 Å². The summed E-state index contributed by atoms with van der Waals surface area (Å²) in [6.45, 7) is 5.43. The first-order valence-electron chi connectivity index (χ1n) is 7.25. The zero-order valence-corrected chi connectivity index (χ0v) is 14.0. The molecule has 1 aromatic rings. The number of rotatable bonds is 8. The fourth-order valence-corrected chi connectivity index (χ4v) is 1.96. The molecule has 0 bridgehead atoms. The SMILES string of the molecule is CC(C)NCc1cc(Cl)ccc1OCCCC(=O)N(C)C. The highest BCUT2D eigenvalue weighted by molar-refractivity contribution is 6.30. The first-order chi connectivity index (χ1) is 9.90. The van der Waals surface area contributed by atoms with Crippen molar-refractivity contribution in [3.05, 3.63) is 28.8 Å². The summed E-state index contributed by atoms with van der Waals surface area (Å²) in [5.41, 5.74) is 1.04. The molecule has 0 saturated carbocycles. The van der Waals surface area contributed by atoms with Crippen LogP contribution in [0.1, 0.15) is 32.3 Å². The van der Waals surface area contributed by atoms with E-state index < -0.39 is 0 Å². The molecule has 21 heavy (non-hydrogen) atoms. The fourth-order valence-electron chi connectivity index (χ4n) is 1.77. The molecule has 0 spiro atoms. The van der Waals surface area contributed by atoms with Crippen LogP contribution in [0.5, 0.6) is 5.75 Å². The molecule has 1 N–H and O–H groups in total. The largest absolute Gasteiger partial charge is 0.493 e. The van der Waals surface area contributed by atoms with Gasteiger partial charge in [-0.2, -0.15) is 0 Å². The molecule has 1 aromatic carbocycles. The lowest BCUT2D eigenvalue weighted by Gasteiger charge is -2.15. The van der Waals surface area contributed by atoms with Gasteiger partial charge in [-0.15, -0.1) is 0 Å². The normalized spacial score (nSPS) is 10.8. The van der Waals surface area contributed by atoms with E-state index in [9.17, 15) is 4.79 Å². The van der Waals surface area contributed by atoms with Crippen LogP contribution in [0.2, 0.25) is 5.02 Å². The second-order valence-corrected chi connectivity index (χ2v) is 5.96. The van der Waals surface area contributed by atoms with E-state index in [4.69, 9.17) is 16.3 Å². The topological polar surface area (TPSA) is 41.6 Å². The zero-order chi connectivity index (χ0) is 15.8. The molecule has 0 unspecified atom stereocenters. The van der Waals surface area contributed by atoms with Crippen molar-refractivity contribution >= 4 is 17.5 Å². The Morgan fingerprint density at radius 1 is 1.38 bits per heavy atom. The van der Waals surface area contributed by atoms with Crippen LogP contribution in [0, 0.1) is 0 Å². The average molecular weight is 313 g/mol. The smallest absolute Gasteiger partial charge is 0.222 e. The van der Waals surface area contributed by atoms with Crippen molar-refractivity contribution in [3.8, 4) is 5.75 Å². The Morgan fingerprint density at radius 2 is 2.10 bits per heavy atom. The number of amides is 1. The Morgan fingerprint density at radius 3 is 2.71 bits per heavy atom. The van der Waals surface area contributed by atoms with Gasteiger partial charge in [0.1, 0.15) is 5.75 Å². The van der Waals surface area contributed by atoms with Crippen molar-refractivity contribution in [2.75, 3.05) is 20.7 Å². The molecule has 0 fully saturated rings. The van der Waals surface area contributed by atoms with Crippen molar-refractivity contribution in [2.45, 2.75) is 39.3 Å². The molecule has 4 nitrogen and oxygen atoms in total. The summed E-state index contributed by atoms with van der Waals surface area (Å²) in [6.07, 6.45) is 1.21. The number of hydrogen-bond donors (Lipinski definition) is 1. The number of benzene rings is 1. The number of nitrogens with one attached hydrogen (secondary N) is 1. The summed E-state index contributed by atoms with van der Waals surface area (Å²) >= 11 is 6.04. The highest BCUT2D eigenvalue weighted by Gasteiger charge is 2.07. The van der Waals surface area contributed by atoms with E-state index in [0.717, 1.165) is 11.3 Å². The van der Waals surface area contributed by atoms with E-state index in [1.54, 1.807) is 19.0 Å². The maximum atomic E-state index is 11.5. The molecule has 1 amide bonds. The summed E-state index contributed by atoms with van der Waals surface area (Å²) in [7, 11) is 3.52. The first kappa shape index (κ1) is 17.8. The molecule has 0 aromatic heterocycles. The Balaban J connectivity index is 2.51. The van der Waals surface area contributed by atoms with Gasteiger partial charge in [-0.25, -0.2) is 0 Å². The monoisotopic (exact) mass is 312 g/mol. The number of hydrogen-bond acceptors (Lipinski definition) is 3. The maximum absolute atomic E-state index is 11.5. The minimum atomic E-state index is 0.122. The van der Waals surface area contributed by atoms with E-state index in [2.05, 4.69) is 19.2 Å². The van der Waals surface area contributed by atoms with Crippen LogP contribution < -0.4 is 10.1 Å². The average Bonchev–Trinajstić information content (AvgIpc) is 2.42. The van der Waals surface area contributed by atoms with E-state index in [-0.39, 0.29) is 5.91 Å². The highest BCUT2D eigenvalue weighted by Crippen LogP contribution is 2.23. The number of nitrogens with zero attached hydrogens (tertiary/aromatic N) is 1. The van der Waals surface area contributed by atoms with Gasteiger partial charge >= 0.3 is 0 Å². The Hall–Kier alpha value is -1.26. The molecule has 0 radical (unpaired) electrons. The standard InChI is InChI=1S/C16H25ClN2O2/c1-12(2)18-11-13-10-14(17)7-8-15(13)21-9-5-6-16(20)19(3)4/h7-8,10,12,18H,5-6,9,11H2,1-4H3. The van der Waals surface area contributed by atoms with Gasteiger partial charge in [0.2, 0.25) is 5.91 Å². The molecule has 0 saturated heterocycles.